The van der Waals surface area contributed by atoms with Crippen LogP contribution in [-0.4, -0.2) is 64.0 Å². The van der Waals surface area contributed by atoms with Crippen LogP contribution in [0.25, 0.3) is 0 Å². The van der Waals surface area contributed by atoms with Gasteiger partial charge in [0.05, 0.1) is 0 Å². The molecular weight excluding hydrogens is 432 g/mol. The summed E-state index contributed by atoms with van der Waals surface area (Å²) in [5.74, 6) is -2.03. The molecule has 1 aliphatic carbocycles. The molecule has 2 heterocycles. The van der Waals surface area contributed by atoms with Crippen LogP contribution in [0.4, 0.5) is 5.69 Å². The maximum absolute atomic E-state index is 12.9. The lowest BCUT2D eigenvalue weighted by molar-refractivity contribution is -0.134. The van der Waals surface area contributed by atoms with Gasteiger partial charge in [0.2, 0.25) is 0 Å². The summed E-state index contributed by atoms with van der Waals surface area (Å²) in [6.07, 6.45) is 15.0. The summed E-state index contributed by atoms with van der Waals surface area (Å²) in [5, 5.41) is 15.6. The standard InChI is InChI=1S/C23H34N2O.C4H4O4/c26-22-14-17-25(21-12-8-5-9-13-21)23(22)15-18-24(19-16-23)20-10-6-3-1-2-4-7-11-20;5-3(6)1-2-4(7)8/h5,8-9,12-13,20H,1-4,6-7,10-11,14-19H2;1-2H,(H,5,6)(H,7,8)/b;2-1+. The summed E-state index contributed by atoms with van der Waals surface area (Å²) in [4.78, 5) is 37.2. The maximum atomic E-state index is 12.9. The Morgan fingerprint density at radius 1 is 0.824 bits per heavy atom. The molecule has 4 rings (SSSR count). The number of carbonyl (C=O) groups is 3. The zero-order chi connectivity index (χ0) is 24.4. The second-order valence-electron chi connectivity index (χ2n) is 9.59. The van der Waals surface area contributed by atoms with Crippen LogP contribution in [0.5, 0.6) is 0 Å². The molecule has 0 radical (unpaired) electrons. The minimum Gasteiger partial charge on any atom is -0.478 e. The number of Topliss-reactive ketones (excluding diaryl/α,β-unsaturated/α-hetero) is 1. The molecule has 2 N–H and O–H groups in total. The van der Waals surface area contributed by atoms with Crippen molar-refractivity contribution in [1.82, 2.24) is 4.90 Å². The van der Waals surface area contributed by atoms with Crippen molar-refractivity contribution in [2.75, 3.05) is 24.5 Å². The van der Waals surface area contributed by atoms with Crippen LogP contribution >= 0.6 is 0 Å². The van der Waals surface area contributed by atoms with Crippen LogP contribution in [0.1, 0.15) is 70.6 Å². The van der Waals surface area contributed by atoms with Gasteiger partial charge in [-0.2, -0.15) is 0 Å². The zero-order valence-electron chi connectivity index (χ0n) is 20.0. The number of carboxylic acid groups (broad SMARTS) is 2. The number of carbonyl (C=O) groups excluding carboxylic acids is 1. The minimum absolute atomic E-state index is 0.226. The molecule has 2 saturated heterocycles. The Morgan fingerprint density at radius 2 is 1.35 bits per heavy atom. The van der Waals surface area contributed by atoms with Crippen LogP contribution in [0.3, 0.4) is 0 Å². The Kier molecular flexibility index (Phi) is 9.69. The Bertz CT molecular complexity index is 820. The number of para-hydroxylation sites is 1. The van der Waals surface area contributed by atoms with E-state index >= 15 is 0 Å². The van der Waals surface area contributed by atoms with Crippen LogP contribution in [0, 0.1) is 0 Å². The molecule has 0 atom stereocenters. The van der Waals surface area contributed by atoms with Crippen molar-refractivity contribution in [2.45, 2.75) is 82.2 Å². The first-order chi connectivity index (χ1) is 16.4. The number of aliphatic carboxylic acids is 2. The molecule has 1 spiro atoms. The first-order valence-electron chi connectivity index (χ1n) is 12.7. The SMILES string of the molecule is O=C(O)/C=C/C(=O)O.O=C1CCN(c2ccccc2)C12CCN(C1CCCCCCCC1)CC2. The minimum atomic E-state index is -1.26. The Balaban J connectivity index is 0.000000350. The van der Waals surface area contributed by atoms with Crippen LogP contribution < -0.4 is 4.90 Å². The summed E-state index contributed by atoms with van der Waals surface area (Å²) in [7, 11) is 0. The van der Waals surface area contributed by atoms with Crippen LogP contribution in [-0.2, 0) is 14.4 Å². The highest BCUT2D eigenvalue weighted by atomic mass is 16.4. The monoisotopic (exact) mass is 470 g/mol. The van der Waals surface area contributed by atoms with Gasteiger partial charge in [-0.25, -0.2) is 9.59 Å². The Labute approximate surface area is 202 Å². The van der Waals surface area contributed by atoms with Gasteiger partial charge in [0.15, 0.2) is 5.78 Å². The topological polar surface area (TPSA) is 98.1 Å². The third kappa shape index (κ3) is 6.92. The number of likely N-dealkylation sites (tertiary alicyclic amines) is 1. The molecule has 2 aliphatic heterocycles. The number of ketones is 1. The molecule has 7 nitrogen and oxygen atoms in total. The van der Waals surface area contributed by atoms with Crippen molar-refractivity contribution in [1.29, 1.82) is 0 Å². The number of nitrogens with zero attached hydrogens (tertiary/aromatic N) is 2. The lowest BCUT2D eigenvalue weighted by atomic mass is 9.82. The molecule has 3 aliphatic rings. The quantitative estimate of drug-likeness (QED) is 0.625. The largest absolute Gasteiger partial charge is 0.478 e. The molecule has 3 fully saturated rings. The molecule has 1 aromatic rings. The molecule has 7 heteroatoms. The normalized spacial score (nSPS) is 22.0. The lowest BCUT2D eigenvalue weighted by Gasteiger charge is -2.46. The molecule has 1 aromatic carbocycles. The molecule has 186 valence electrons. The van der Waals surface area contributed by atoms with Gasteiger partial charge < -0.3 is 20.0 Å². The first kappa shape index (κ1) is 25.9. The molecule has 0 bridgehead atoms. The van der Waals surface area contributed by atoms with E-state index in [1.54, 1.807) is 0 Å². The fourth-order valence-corrected chi connectivity index (χ4v) is 5.72. The fourth-order valence-electron chi connectivity index (χ4n) is 5.72. The van der Waals surface area contributed by atoms with Gasteiger partial charge in [-0.05, 0) is 37.8 Å². The second kappa shape index (κ2) is 12.7. The van der Waals surface area contributed by atoms with Gasteiger partial charge in [0.1, 0.15) is 5.54 Å². The number of hydrogen-bond donors (Lipinski definition) is 2. The number of piperidine rings is 1. The maximum Gasteiger partial charge on any atom is 0.328 e. The highest BCUT2D eigenvalue weighted by Crippen LogP contribution is 2.40. The van der Waals surface area contributed by atoms with Crippen molar-refractivity contribution in [3.05, 3.63) is 42.5 Å². The number of hydrogen-bond acceptors (Lipinski definition) is 5. The fraction of sp³-hybridized carbons (Fsp3) is 0.593. The van der Waals surface area contributed by atoms with E-state index in [0.717, 1.165) is 44.9 Å². The van der Waals surface area contributed by atoms with Crippen molar-refractivity contribution >= 4 is 23.4 Å². The summed E-state index contributed by atoms with van der Waals surface area (Å²) < 4.78 is 0. The van der Waals surface area contributed by atoms with E-state index in [4.69, 9.17) is 10.2 Å². The van der Waals surface area contributed by atoms with Gasteiger partial charge in [0, 0.05) is 49.9 Å². The van der Waals surface area contributed by atoms with Crippen molar-refractivity contribution < 1.29 is 24.6 Å². The number of benzene rings is 1. The zero-order valence-corrected chi connectivity index (χ0v) is 20.0. The van der Waals surface area contributed by atoms with E-state index in [1.165, 1.54) is 57.1 Å². The summed E-state index contributed by atoms with van der Waals surface area (Å²) >= 11 is 0. The summed E-state index contributed by atoms with van der Waals surface area (Å²) in [6, 6.07) is 11.4. The van der Waals surface area contributed by atoms with Crippen molar-refractivity contribution in [3.63, 3.8) is 0 Å². The molecule has 0 aromatic heterocycles. The second-order valence-corrected chi connectivity index (χ2v) is 9.59. The average Bonchev–Trinajstić information content (AvgIpc) is 3.21. The lowest BCUT2D eigenvalue weighted by Crippen LogP contribution is -2.57. The van der Waals surface area contributed by atoms with Gasteiger partial charge in [-0.1, -0.05) is 56.7 Å². The highest BCUT2D eigenvalue weighted by molar-refractivity contribution is 5.95. The van der Waals surface area contributed by atoms with E-state index in [-0.39, 0.29) is 5.54 Å². The van der Waals surface area contributed by atoms with E-state index in [2.05, 4.69) is 40.1 Å². The van der Waals surface area contributed by atoms with E-state index in [1.807, 2.05) is 0 Å². The predicted octanol–water partition coefficient (Wildman–Crippen LogP) is 4.52. The number of anilines is 1. The molecule has 34 heavy (non-hydrogen) atoms. The van der Waals surface area contributed by atoms with Gasteiger partial charge in [-0.3, -0.25) is 4.79 Å². The summed E-state index contributed by atoms with van der Waals surface area (Å²) in [5.41, 5.74) is 1.00. The molecule has 0 amide bonds. The third-order valence-electron chi connectivity index (χ3n) is 7.50. The van der Waals surface area contributed by atoms with Crippen molar-refractivity contribution in [2.24, 2.45) is 0 Å². The van der Waals surface area contributed by atoms with Gasteiger partial charge in [0.25, 0.3) is 0 Å². The highest BCUT2D eigenvalue weighted by Gasteiger charge is 2.50. The average molecular weight is 471 g/mol. The van der Waals surface area contributed by atoms with Crippen molar-refractivity contribution in [3.8, 4) is 0 Å². The van der Waals surface area contributed by atoms with E-state index < -0.39 is 11.9 Å². The van der Waals surface area contributed by atoms with Gasteiger partial charge >= 0.3 is 11.9 Å². The number of carboxylic acids is 2. The first-order valence-corrected chi connectivity index (χ1v) is 12.7. The Hall–Kier alpha value is -2.67. The van der Waals surface area contributed by atoms with E-state index in [9.17, 15) is 14.4 Å². The third-order valence-corrected chi connectivity index (χ3v) is 7.50. The van der Waals surface area contributed by atoms with Gasteiger partial charge in [-0.15, -0.1) is 0 Å². The smallest absolute Gasteiger partial charge is 0.328 e. The molecule has 1 saturated carbocycles. The summed E-state index contributed by atoms with van der Waals surface area (Å²) in [6.45, 7) is 3.09. The molecule has 0 unspecified atom stereocenters. The Morgan fingerprint density at radius 3 is 1.88 bits per heavy atom. The molecular formula is C27H38N2O5. The number of rotatable bonds is 4. The van der Waals surface area contributed by atoms with Crippen LogP contribution in [0.2, 0.25) is 0 Å². The predicted molar refractivity (Wildman–Crippen MR) is 132 cm³/mol. The van der Waals surface area contributed by atoms with Crippen LogP contribution in [0.15, 0.2) is 42.5 Å². The van der Waals surface area contributed by atoms with E-state index in [0.29, 0.717) is 17.9 Å².